The van der Waals surface area contributed by atoms with E-state index in [4.69, 9.17) is 11.6 Å². The fraction of sp³-hybridized carbons (Fsp3) is 0.286. The van der Waals surface area contributed by atoms with Gasteiger partial charge in [0.2, 0.25) is 15.9 Å². The summed E-state index contributed by atoms with van der Waals surface area (Å²) in [4.78, 5) is 21.9. The molecule has 2 aromatic heterocycles. The number of amides is 1. The largest absolute Gasteiger partial charge is 0.302 e. The molecule has 1 saturated heterocycles. The van der Waals surface area contributed by atoms with Crippen molar-refractivity contribution in [2.75, 3.05) is 18.4 Å². The van der Waals surface area contributed by atoms with Gasteiger partial charge in [0, 0.05) is 35.6 Å². The summed E-state index contributed by atoms with van der Waals surface area (Å²) in [5, 5.41) is 3.24. The highest BCUT2D eigenvalue weighted by Crippen LogP contribution is 2.32. The molecule has 0 unspecified atom stereocenters. The molecule has 4 rings (SSSR count). The van der Waals surface area contributed by atoms with Crippen molar-refractivity contribution in [3.63, 3.8) is 0 Å². The number of hydrogen-bond acceptors (Lipinski definition) is 6. The molecular weight excluding hydrogens is 475 g/mol. The average Bonchev–Trinajstić information content (AvgIpc) is 3.14. The van der Waals surface area contributed by atoms with Crippen LogP contribution in [0, 0.1) is 18.7 Å². The Bertz CT molecular complexity index is 1240. The average molecular weight is 495 g/mol. The van der Waals surface area contributed by atoms with E-state index in [9.17, 15) is 17.6 Å². The molecule has 1 amide bonds. The number of carbonyl (C=O) groups is 1. The number of benzene rings is 1. The normalized spacial score (nSPS) is 15.6. The number of halogens is 2. The van der Waals surface area contributed by atoms with E-state index in [2.05, 4.69) is 15.3 Å². The van der Waals surface area contributed by atoms with Crippen LogP contribution in [-0.4, -0.2) is 41.7 Å². The summed E-state index contributed by atoms with van der Waals surface area (Å²) in [5.74, 6) is -0.848. The lowest BCUT2D eigenvalue weighted by atomic mass is 9.97. The summed E-state index contributed by atoms with van der Waals surface area (Å²) in [6, 6.07) is 8.98. The monoisotopic (exact) mass is 494 g/mol. The highest BCUT2D eigenvalue weighted by atomic mass is 35.5. The van der Waals surface area contributed by atoms with Crippen LogP contribution in [0.1, 0.15) is 17.7 Å². The Morgan fingerprint density at radius 2 is 1.91 bits per heavy atom. The maximum Gasteiger partial charge on any atom is 0.246 e. The Balaban J connectivity index is 1.40. The van der Waals surface area contributed by atoms with Crippen LogP contribution in [0.5, 0.6) is 0 Å². The van der Waals surface area contributed by atoms with Crippen molar-refractivity contribution in [2.45, 2.75) is 24.7 Å². The van der Waals surface area contributed by atoms with Gasteiger partial charge in [-0.2, -0.15) is 4.31 Å². The second kappa shape index (κ2) is 9.22. The Labute approximate surface area is 194 Å². The number of hydrogen-bond donors (Lipinski definition) is 1. The van der Waals surface area contributed by atoms with Crippen molar-refractivity contribution in [3.05, 3.63) is 58.4 Å². The predicted octanol–water partition coefficient (Wildman–Crippen LogP) is 4.35. The molecule has 3 heterocycles. The molecule has 0 aliphatic carbocycles. The highest BCUT2D eigenvalue weighted by Gasteiger charge is 2.33. The maximum absolute atomic E-state index is 13.2. The molecule has 3 aromatic rings. The summed E-state index contributed by atoms with van der Waals surface area (Å²) in [7, 11) is -3.77. The number of aromatic nitrogens is 2. The van der Waals surface area contributed by atoms with Gasteiger partial charge in [-0.25, -0.2) is 22.8 Å². The molecule has 0 atom stereocenters. The molecular formula is C21H20ClFN4O3S2. The Hall–Kier alpha value is -2.40. The lowest BCUT2D eigenvalue weighted by Crippen LogP contribution is -2.41. The summed E-state index contributed by atoms with van der Waals surface area (Å²) >= 11 is 7.30. The van der Waals surface area contributed by atoms with E-state index in [0.717, 1.165) is 10.4 Å². The van der Waals surface area contributed by atoms with Gasteiger partial charge in [-0.1, -0.05) is 11.6 Å². The first kappa shape index (κ1) is 22.8. The van der Waals surface area contributed by atoms with Gasteiger partial charge in [0.25, 0.3) is 0 Å². The van der Waals surface area contributed by atoms with E-state index in [-0.39, 0.29) is 40.8 Å². The van der Waals surface area contributed by atoms with Gasteiger partial charge in [0.1, 0.15) is 15.9 Å². The predicted molar refractivity (Wildman–Crippen MR) is 122 cm³/mol. The standard InChI is InChI=1S/C21H20ClFN4O3S2/c1-13-18(14-4-6-16(23)7-5-14)25-21(31-13)26-20(28)15-8-11-27(12-9-15)32(29,30)17-3-2-10-24-19(17)22/h2-7,10,15H,8-9,11-12H2,1H3,(H,25,26,28). The molecule has 1 fully saturated rings. The Morgan fingerprint density at radius 3 is 2.56 bits per heavy atom. The molecule has 1 N–H and O–H groups in total. The number of anilines is 1. The van der Waals surface area contributed by atoms with E-state index in [0.29, 0.717) is 23.7 Å². The lowest BCUT2D eigenvalue weighted by molar-refractivity contribution is -0.120. The Kier molecular flexibility index (Phi) is 6.57. The maximum atomic E-state index is 13.2. The van der Waals surface area contributed by atoms with Gasteiger partial charge in [-0.3, -0.25) is 4.79 Å². The van der Waals surface area contributed by atoms with Crippen molar-refractivity contribution >= 4 is 44.0 Å². The van der Waals surface area contributed by atoms with Gasteiger partial charge >= 0.3 is 0 Å². The van der Waals surface area contributed by atoms with Crippen LogP contribution < -0.4 is 5.32 Å². The molecule has 1 aromatic carbocycles. The van der Waals surface area contributed by atoms with E-state index in [1.165, 1.54) is 46.1 Å². The third-order valence-corrected chi connectivity index (χ3v) is 8.54. The van der Waals surface area contributed by atoms with Crippen molar-refractivity contribution in [3.8, 4) is 11.3 Å². The third-order valence-electron chi connectivity index (χ3n) is 5.31. The minimum atomic E-state index is -3.77. The van der Waals surface area contributed by atoms with Crippen molar-refractivity contribution in [2.24, 2.45) is 5.92 Å². The van der Waals surface area contributed by atoms with Gasteiger partial charge in [0.05, 0.1) is 5.69 Å². The minimum Gasteiger partial charge on any atom is -0.302 e. The number of pyridine rings is 1. The molecule has 1 aliphatic rings. The molecule has 7 nitrogen and oxygen atoms in total. The van der Waals surface area contributed by atoms with E-state index < -0.39 is 10.0 Å². The summed E-state index contributed by atoms with van der Waals surface area (Å²) in [5.41, 5.74) is 1.47. The topological polar surface area (TPSA) is 92.3 Å². The highest BCUT2D eigenvalue weighted by molar-refractivity contribution is 7.89. The molecule has 1 aliphatic heterocycles. The number of rotatable bonds is 5. The van der Waals surface area contributed by atoms with Crippen LogP contribution >= 0.6 is 22.9 Å². The van der Waals surface area contributed by atoms with Crippen LogP contribution in [0.3, 0.4) is 0 Å². The molecule has 0 spiro atoms. The summed E-state index contributed by atoms with van der Waals surface area (Å²) < 4.78 is 40.2. The van der Waals surface area contributed by atoms with Crippen LogP contribution in [0.25, 0.3) is 11.3 Å². The number of piperidine rings is 1. The fourth-order valence-corrected chi connectivity index (χ4v) is 6.33. The first-order chi connectivity index (χ1) is 15.3. The van der Waals surface area contributed by atoms with Crippen molar-refractivity contribution < 1.29 is 17.6 Å². The van der Waals surface area contributed by atoms with Crippen molar-refractivity contribution in [1.29, 1.82) is 0 Å². The van der Waals surface area contributed by atoms with Crippen LogP contribution in [-0.2, 0) is 14.8 Å². The molecule has 0 bridgehead atoms. The Morgan fingerprint density at radius 1 is 1.22 bits per heavy atom. The lowest BCUT2D eigenvalue weighted by Gasteiger charge is -2.30. The zero-order chi connectivity index (χ0) is 22.9. The van der Waals surface area contributed by atoms with Crippen LogP contribution in [0.4, 0.5) is 9.52 Å². The van der Waals surface area contributed by atoms with E-state index in [1.807, 2.05) is 6.92 Å². The fourth-order valence-electron chi connectivity index (χ4n) is 3.59. The number of nitrogens with zero attached hydrogens (tertiary/aromatic N) is 3. The SMILES string of the molecule is Cc1sc(NC(=O)C2CCN(S(=O)(=O)c3cccnc3Cl)CC2)nc1-c1ccc(F)cc1. The number of aryl methyl sites for hydroxylation is 1. The number of sulfonamides is 1. The molecule has 11 heteroatoms. The molecule has 168 valence electrons. The van der Waals surface area contributed by atoms with Gasteiger partial charge < -0.3 is 5.32 Å². The van der Waals surface area contributed by atoms with Gasteiger partial charge in [0.15, 0.2) is 5.13 Å². The first-order valence-corrected chi connectivity index (χ1v) is 12.5. The number of carbonyl (C=O) groups excluding carboxylic acids is 1. The number of thiazole rings is 1. The molecule has 32 heavy (non-hydrogen) atoms. The second-order valence-corrected chi connectivity index (χ2v) is 10.9. The van der Waals surface area contributed by atoms with E-state index >= 15 is 0 Å². The zero-order valence-electron chi connectivity index (χ0n) is 17.1. The van der Waals surface area contributed by atoms with Crippen LogP contribution in [0.15, 0.2) is 47.5 Å². The summed E-state index contributed by atoms with van der Waals surface area (Å²) in [6.07, 6.45) is 2.20. The van der Waals surface area contributed by atoms with Crippen LogP contribution in [0.2, 0.25) is 5.15 Å². The van der Waals surface area contributed by atoms with E-state index in [1.54, 1.807) is 12.1 Å². The molecule has 0 saturated carbocycles. The number of nitrogens with one attached hydrogen (secondary N) is 1. The summed E-state index contributed by atoms with van der Waals surface area (Å²) in [6.45, 7) is 2.31. The molecule has 0 radical (unpaired) electrons. The quantitative estimate of drug-likeness (QED) is 0.532. The smallest absolute Gasteiger partial charge is 0.246 e. The van der Waals surface area contributed by atoms with Gasteiger partial charge in [-0.15, -0.1) is 11.3 Å². The second-order valence-electron chi connectivity index (χ2n) is 7.39. The van der Waals surface area contributed by atoms with Crippen molar-refractivity contribution in [1.82, 2.24) is 14.3 Å². The third kappa shape index (κ3) is 4.68. The zero-order valence-corrected chi connectivity index (χ0v) is 19.5. The first-order valence-electron chi connectivity index (χ1n) is 9.90. The minimum absolute atomic E-state index is 0.0313. The van der Waals surface area contributed by atoms with Gasteiger partial charge in [-0.05, 0) is 56.2 Å².